The summed E-state index contributed by atoms with van der Waals surface area (Å²) in [5.74, 6) is 1.77. The maximum atomic E-state index is 12.4. The molecule has 1 saturated carbocycles. The van der Waals surface area contributed by atoms with Crippen LogP contribution in [0.2, 0.25) is 0 Å². The van der Waals surface area contributed by atoms with E-state index >= 15 is 0 Å². The van der Waals surface area contributed by atoms with Crippen LogP contribution in [0.4, 0.5) is 4.79 Å². The predicted molar refractivity (Wildman–Crippen MR) is 106 cm³/mol. The van der Waals surface area contributed by atoms with Crippen molar-refractivity contribution >= 4 is 11.7 Å². The normalized spacial score (nSPS) is 17.5. The minimum absolute atomic E-state index is 0.248. The van der Waals surface area contributed by atoms with Crippen molar-refractivity contribution in [2.45, 2.75) is 58.0 Å². The summed E-state index contributed by atoms with van der Waals surface area (Å²) in [6.07, 6.45) is 3.55. The fraction of sp³-hybridized carbons (Fsp3) is 0.500. The van der Waals surface area contributed by atoms with Gasteiger partial charge in [0.15, 0.2) is 0 Å². The highest BCUT2D eigenvalue weighted by Crippen LogP contribution is 2.40. The van der Waals surface area contributed by atoms with Crippen molar-refractivity contribution in [1.82, 2.24) is 15.1 Å². The maximum Gasteiger partial charge on any atom is 0.410 e. The molecule has 148 valence electrons. The van der Waals surface area contributed by atoms with Gasteiger partial charge in [0.05, 0.1) is 0 Å². The molecular formula is C22H27N3O3. The minimum atomic E-state index is -0.481. The largest absolute Gasteiger partial charge is 0.444 e. The van der Waals surface area contributed by atoms with Gasteiger partial charge in [-0.25, -0.2) is 4.79 Å². The van der Waals surface area contributed by atoms with E-state index < -0.39 is 5.60 Å². The first kappa shape index (κ1) is 18.7. The van der Waals surface area contributed by atoms with E-state index in [0.717, 1.165) is 42.7 Å². The lowest BCUT2D eigenvalue weighted by Crippen LogP contribution is -2.40. The molecule has 0 radical (unpaired) electrons. The Morgan fingerprint density at radius 1 is 1.11 bits per heavy atom. The summed E-state index contributed by atoms with van der Waals surface area (Å²) in [6, 6.07) is 10.2. The third-order valence-corrected chi connectivity index (χ3v) is 5.02. The Labute approximate surface area is 165 Å². The highest BCUT2D eigenvalue weighted by molar-refractivity contribution is 5.78. The van der Waals surface area contributed by atoms with Crippen molar-refractivity contribution in [3.8, 4) is 0 Å². The van der Waals surface area contributed by atoms with Crippen LogP contribution in [-0.4, -0.2) is 39.9 Å². The zero-order chi connectivity index (χ0) is 19.7. The minimum Gasteiger partial charge on any atom is -0.444 e. The van der Waals surface area contributed by atoms with E-state index in [1.807, 2.05) is 39.0 Å². The van der Waals surface area contributed by atoms with Crippen LogP contribution in [-0.2, 0) is 4.74 Å². The number of nitrogens with zero attached hydrogens (tertiary/aromatic N) is 3. The van der Waals surface area contributed by atoms with Gasteiger partial charge >= 0.3 is 6.09 Å². The molecule has 1 aromatic heterocycles. The Morgan fingerprint density at radius 2 is 1.79 bits per heavy atom. The van der Waals surface area contributed by atoms with Crippen molar-refractivity contribution < 1.29 is 13.9 Å². The van der Waals surface area contributed by atoms with Gasteiger partial charge in [0, 0.05) is 24.6 Å². The molecule has 0 bridgehead atoms. The molecular weight excluding hydrogens is 354 g/mol. The zero-order valence-electron chi connectivity index (χ0n) is 16.8. The first-order valence-electron chi connectivity index (χ1n) is 10.00. The highest BCUT2D eigenvalue weighted by Gasteiger charge is 2.31. The Hall–Kier alpha value is -2.63. The van der Waals surface area contributed by atoms with Crippen LogP contribution in [0.5, 0.6) is 0 Å². The lowest BCUT2D eigenvalue weighted by atomic mass is 9.93. The molecule has 1 amide bonds. The molecule has 0 spiro atoms. The summed E-state index contributed by atoms with van der Waals surface area (Å²) in [5, 5.41) is 8.62. The fourth-order valence-electron chi connectivity index (χ4n) is 3.45. The van der Waals surface area contributed by atoms with Crippen molar-refractivity contribution in [2.24, 2.45) is 0 Å². The van der Waals surface area contributed by atoms with E-state index in [0.29, 0.717) is 24.9 Å². The van der Waals surface area contributed by atoms with Gasteiger partial charge in [0.1, 0.15) is 5.60 Å². The summed E-state index contributed by atoms with van der Waals surface area (Å²) in [5.41, 5.74) is 2.86. The van der Waals surface area contributed by atoms with Crippen LogP contribution in [0.25, 0.3) is 5.57 Å². The summed E-state index contributed by atoms with van der Waals surface area (Å²) >= 11 is 0. The molecule has 2 heterocycles. The summed E-state index contributed by atoms with van der Waals surface area (Å²) in [4.78, 5) is 14.1. The van der Waals surface area contributed by atoms with Gasteiger partial charge in [-0.3, -0.25) is 0 Å². The van der Waals surface area contributed by atoms with Crippen LogP contribution in [0, 0.1) is 0 Å². The number of benzene rings is 1. The monoisotopic (exact) mass is 381 g/mol. The Morgan fingerprint density at radius 3 is 2.39 bits per heavy atom. The summed E-state index contributed by atoms with van der Waals surface area (Å²) in [7, 11) is 0. The topological polar surface area (TPSA) is 68.5 Å². The SMILES string of the molecule is CC(C)(C)OC(=O)N1CCC(=C(c2ccccc2)c2nnc(C3CC3)o2)CC1. The number of hydrogen-bond acceptors (Lipinski definition) is 5. The number of amides is 1. The van der Waals surface area contributed by atoms with Crippen LogP contribution in [0.15, 0.2) is 40.3 Å². The summed E-state index contributed by atoms with van der Waals surface area (Å²) in [6.45, 7) is 6.93. The molecule has 2 aliphatic rings. The summed E-state index contributed by atoms with van der Waals surface area (Å²) < 4.78 is 11.5. The quantitative estimate of drug-likeness (QED) is 0.765. The van der Waals surface area contributed by atoms with Gasteiger partial charge < -0.3 is 14.1 Å². The predicted octanol–water partition coefficient (Wildman–Crippen LogP) is 4.78. The van der Waals surface area contributed by atoms with Crippen molar-refractivity contribution in [3.63, 3.8) is 0 Å². The second kappa shape index (κ2) is 7.41. The lowest BCUT2D eigenvalue weighted by molar-refractivity contribution is 0.0236. The Kier molecular flexibility index (Phi) is 4.96. The smallest absolute Gasteiger partial charge is 0.410 e. The molecule has 0 unspecified atom stereocenters. The van der Waals surface area contributed by atoms with E-state index in [9.17, 15) is 4.79 Å². The highest BCUT2D eigenvalue weighted by atomic mass is 16.6. The number of aromatic nitrogens is 2. The van der Waals surface area contributed by atoms with Crippen molar-refractivity contribution in [2.75, 3.05) is 13.1 Å². The molecule has 4 rings (SSSR count). The van der Waals surface area contributed by atoms with Gasteiger partial charge in [0.25, 0.3) is 0 Å². The number of carbonyl (C=O) groups excluding carboxylic acids is 1. The van der Waals surface area contributed by atoms with E-state index in [4.69, 9.17) is 9.15 Å². The average Bonchev–Trinajstić information content (AvgIpc) is 3.41. The Bertz CT molecular complexity index is 866. The van der Waals surface area contributed by atoms with Crippen molar-refractivity contribution in [1.29, 1.82) is 0 Å². The molecule has 6 nitrogen and oxygen atoms in total. The van der Waals surface area contributed by atoms with E-state index in [2.05, 4.69) is 22.3 Å². The molecule has 0 atom stereocenters. The molecule has 1 aliphatic heterocycles. The van der Waals surface area contributed by atoms with E-state index in [-0.39, 0.29) is 6.09 Å². The first-order chi connectivity index (χ1) is 13.4. The number of carbonyl (C=O) groups is 1. The van der Waals surface area contributed by atoms with Gasteiger partial charge in [-0.2, -0.15) is 0 Å². The molecule has 1 aromatic carbocycles. The maximum absolute atomic E-state index is 12.4. The number of likely N-dealkylation sites (tertiary alicyclic amines) is 1. The third-order valence-electron chi connectivity index (χ3n) is 5.02. The van der Waals surface area contributed by atoms with Crippen LogP contribution >= 0.6 is 0 Å². The first-order valence-corrected chi connectivity index (χ1v) is 10.00. The molecule has 6 heteroatoms. The standard InChI is InChI=1S/C22H27N3O3/c1-22(2,3)28-21(26)25-13-11-16(12-14-25)18(15-7-5-4-6-8-15)20-24-23-19(27-20)17-9-10-17/h4-8,17H,9-14H2,1-3H3. The van der Waals surface area contributed by atoms with E-state index in [1.165, 1.54) is 5.57 Å². The van der Waals surface area contributed by atoms with Crippen LogP contribution in [0.3, 0.4) is 0 Å². The van der Waals surface area contributed by atoms with Crippen LogP contribution < -0.4 is 0 Å². The Balaban J connectivity index is 1.58. The molecule has 2 aromatic rings. The second-order valence-corrected chi connectivity index (χ2v) is 8.53. The van der Waals surface area contributed by atoms with Gasteiger partial charge in [-0.1, -0.05) is 35.9 Å². The number of rotatable bonds is 3. The number of piperidine rings is 1. The second-order valence-electron chi connectivity index (χ2n) is 8.53. The fourth-order valence-corrected chi connectivity index (χ4v) is 3.45. The molecule has 28 heavy (non-hydrogen) atoms. The van der Waals surface area contributed by atoms with Gasteiger partial charge in [0.2, 0.25) is 11.8 Å². The molecule has 1 saturated heterocycles. The number of hydrogen-bond donors (Lipinski definition) is 0. The molecule has 0 N–H and O–H groups in total. The van der Waals surface area contributed by atoms with Crippen LogP contribution in [0.1, 0.15) is 69.7 Å². The molecule has 2 fully saturated rings. The number of ether oxygens (including phenoxy) is 1. The average molecular weight is 381 g/mol. The third kappa shape index (κ3) is 4.26. The van der Waals surface area contributed by atoms with Gasteiger partial charge in [-0.05, 0) is 52.0 Å². The lowest BCUT2D eigenvalue weighted by Gasteiger charge is -2.31. The van der Waals surface area contributed by atoms with E-state index in [1.54, 1.807) is 4.90 Å². The zero-order valence-corrected chi connectivity index (χ0v) is 16.8. The van der Waals surface area contributed by atoms with Gasteiger partial charge in [-0.15, -0.1) is 10.2 Å². The van der Waals surface area contributed by atoms with Crippen molar-refractivity contribution in [3.05, 3.63) is 53.2 Å². The molecule has 1 aliphatic carbocycles.